The zero-order chi connectivity index (χ0) is 13.5. The molecular weight excluding hydrogens is 252 g/mol. The lowest BCUT2D eigenvalue weighted by molar-refractivity contribution is 0.256. The van der Waals surface area contributed by atoms with Crippen molar-refractivity contribution < 1.29 is 9.47 Å². The van der Waals surface area contributed by atoms with Crippen LogP contribution in [0.25, 0.3) is 0 Å². The zero-order valence-corrected chi connectivity index (χ0v) is 11.5. The molecule has 98 valence electrons. The molecule has 0 amide bonds. The van der Waals surface area contributed by atoms with Crippen LogP contribution in [0.15, 0.2) is 12.1 Å². The third kappa shape index (κ3) is 3.80. The molecule has 1 unspecified atom stereocenters. The van der Waals surface area contributed by atoms with E-state index < -0.39 is 6.10 Å². The number of nitrogens with one attached hydrogen (secondary N) is 1. The fraction of sp³-hybridized carbons (Fsp3) is 0.462. The van der Waals surface area contributed by atoms with Gasteiger partial charge in [0.2, 0.25) is 0 Å². The molecule has 0 fully saturated rings. The fourth-order valence-electron chi connectivity index (χ4n) is 1.50. The van der Waals surface area contributed by atoms with Crippen molar-refractivity contribution in [3.63, 3.8) is 0 Å². The largest absolute Gasteiger partial charge is 0.493 e. The molecule has 0 spiro atoms. The minimum Gasteiger partial charge on any atom is -0.493 e. The number of benzene rings is 1. The van der Waals surface area contributed by atoms with Crippen LogP contribution in [0.3, 0.4) is 0 Å². The lowest BCUT2D eigenvalue weighted by atomic mass is 10.1. The van der Waals surface area contributed by atoms with Crippen molar-refractivity contribution >= 4 is 11.6 Å². The maximum Gasteiger partial charge on any atom is 0.181 e. The van der Waals surface area contributed by atoms with Gasteiger partial charge in [0.15, 0.2) is 17.6 Å². The van der Waals surface area contributed by atoms with Crippen LogP contribution in [0.2, 0.25) is 5.02 Å². The summed E-state index contributed by atoms with van der Waals surface area (Å²) in [6.07, 6.45) is -0.541. The van der Waals surface area contributed by atoms with E-state index in [2.05, 4.69) is 5.32 Å². The van der Waals surface area contributed by atoms with Gasteiger partial charge < -0.3 is 14.8 Å². The van der Waals surface area contributed by atoms with Crippen LogP contribution >= 0.6 is 11.6 Å². The molecular formula is C13H17ClN2O2. The molecule has 1 atom stereocenters. The Morgan fingerprint density at radius 1 is 1.50 bits per heavy atom. The number of ether oxygens (including phenoxy) is 2. The number of nitriles is 1. The molecule has 0 saturated heterocycles. The monoisotopic (exact) mass is 268 g/mol. The third-order valence-corrected chi connectivity index (χ3v) is 2.58. The summed E-state index contributed by atoms with van der Waals surface area (Å²) in [6, 6.07) is 5.52. The second kappa shape index (κ2) is 7.10. The van der Waals surface area contributed by atoms with E-state index in [1.165, 1.54) is 0 Å². The molecule has 0 aromatic heterocycles. The van der Waals surface area contributed by atoms with Crippen LogP contribution in [0, 0.1) is 11.3 Å². The predicted octanol–water partition coefficient (Wildman–Crippen LogP) is 2.75. The van der Waals surface area contributed by atoms with Crippen LogP contribution in [-0.2, 0) is 6.54 Å². The topological polar surface area (TPSA) is 54.3 Å². The van der Waals surface area contributed by atoms with Crippen LogP contribution in [0.1, 0.15) is 19.4 Å². The number of rotatable bonds is 6. The Labute approximate surface area is 112 Å². The summed E-state index contributed by atoms with van der Waals surface area (Å²) in [5.74, 6) is 1.11. The number of hydrogen-bond acceptors (Lipinski definition) is 4. The molecule has 0 bridgehead atoms. The minimum absolute atomic E-state index is 0.539. The van der Waals surface area contributed by atoms with Gasteiger partial charge in [0.05, 0.1) is 7.11 Å². The van der Waals surface area contributed by atoms with Crippen molar-refractivity contribution in [1.29, 1.82) is 5.26 Å². The molecule has 1 rings (SSSR count). The summed E-state index contributed by atoms with van der Waals surface area (Å²) in [4.78, 5) is 0. The smallest absolute Gasteiger partial charge is 0.181 e. The highest BCUT2D eigenvalue weighted by atomic mass is 35.5. The maximum absolute atomic E-state index is 8.82. The first kappa shape index (κ1) is 14.6. The highest BCUT2D eigenvalue weighted by Gasteiger charge is 2.15. The van der Waals surface area contributed by atoms with Crippen LogP contribution in [-0.4, -0.2) is 19.8 Å². The quantitative estimate of drug-likeness (QED) is 0.862. The summed E-state index contributed by atoms with van der Waals surface area (Å²) >= 11 is 6.02. The van der Waals surface area contributed by atoms with Gasteiger partial charge in [0, 0.05) is 23.2 Å². The first-order valence-electron chi connectivity index (χ1n) is 5.75. The normalized spacial score (nSPS) is 11.7. The van der Waals surface area contributed by atoms with Gasteiger partial charge in [0.1, 0.15) is 6.07 Å². The Kier molecular flexibility index (Phi) is 5.76. The molecule has 1 N–H and O–H groups in total. The maximum atomic E-state index is 8.82. The third-order valence-electron chi connectivity index (χ3n) is 2.36. The highest BCUT2D eigenvalue weighted by Crippen LogP contribution is 2.35. The van der Waals surface area contributed by atoms with E-state index in [1.54, 1.807) is 20.1 Å². The lowest BCUT2D eigenvalue weighted by Crippen LogP contribution is -2.16. The first-order valence-corrected chi connectivity index (χ1v) is 6.13. The van der Waals surface area contributed by atoms with E-state index in [0.29, 0.717) is 23.1 Å². The van der Waals surface area contributed by atoms with Crippen molar-refractivity contribution in [2.24, 2.45) is 0 Å². The van der Waals surface area contributed by atoms with Gasteiger partial charge in [-0.05, 0) is 19.5 Å². The second-order valence-corrected chi connectivity index (χ2v) is 4.20. The lowest BCUT2D eigenvalue weighted by Gasteiger charge is -2.17. The minimum atomic E-state index is -0.541. The van der Waals surface area contributed by atoms with Crippen molar-refractivity contribution in [3.05, 3.63) is 22.7 Å². The summed E-state index contributed by atoms with van der Waals surface area (Å²) < 4.78 is 10.8. The molecule has 18 heavy (non-hydrogen) atoms. The van der Waals surface area contributed by atoms with Gasteiger partial charge >= 0.3 is 0 Å². The van der Waals surface area contributed by atoms with Crippen LogP contribution in [0.5, 0.6) is 11.5 Å². The Bertz CT molecular complexity index is 443. The second-order valence-electron chi connectivity index (χ2n) is 3.77. The first-order chi connectivity index (χ1) is 8.62. The Morgan fingerprint density at radius 3 is 2.78 bits per heavy atom. The van der Waals surface area contributed by atoms with Gasteiger partial charge in [-0.2, -0.15) is 5.26 Å². The van der Waals surface area contributed by atoms with Crippen molar-refractivity contribution in [2.75, 3.05) is 13.7 Å². The van der Waals surface area contributed by atoms with E-state index in [-0.39, 0.29) is 0 Å². The van der Waals surface area contributed by atoms with E-state index in [9.17, 15) is 0 Å². The van der Waals surface area contributed by atoms with Gasteiger partial charge in [-0.3, -0.25) is 0 Å². The fourth-order valence-corrected chi connectivity index (χ4v) is 1.73. The molecule has 0 radical (unpaired) electrons. The highest BCUT2D eigenvalue weighted by molar-refractivity contribution is 6.30. The Morgan fingerprint density at radius 2 is 2.22 bits per heavy atom. The average Bonchev–Trinajstić information content (AvgIpc) is 2.37. The van der Waals surface area contributed by atoms with Gasteiger partial charge in [0.25, 0.3) is 0 Å². The molecule has 0 saturated carbocycles. The average molecular weight is 269 g/mol. The van der Waals surface area contributed by atoms with Crippen LogP contribution in [0.4, 0.5) is 0 Å². The zero-order valence-electron chi connectivity index (χ0n) is 10.8. The molecule has 0 heterocycles. The Balaban J connectivity index is 3.11. The Hall–Kier alpha value is -1.44. The molecule has 5 heteroatoms. The number of nitrogens with zero attached hydrogens (tertiary/aromatic N) is 1. The van der Waals surface area contributed by atoms with E-state index in [4.69, 9.17) is 26.3 Å². The standard InChI is InChI=1S/C13H17ClN2O2/c1-4-16-8-10-5-11(14)6-12(17-3)13(10)18-9(2)7-15/h5-6,9,16H,4,8H2,1-3H3. The van der Waals surface area contributed by atoms with E-state index >= 15 is 0 Å². The predicted molar refractivity (Wildman–Crippen MR) is 71.1 cm³/mol. The van der Waals surface area contributed by atoms with Gasteiger partial charge in [-0.1, -0.05) is 18.5 Å². The number of methoxy groups -OCH3 is 1. The van der Waals surface area contributed by atoms with Crippen molar-refractivity contribution in [1.82, 2.24) is 5.32 Å². The van der Waals surface area contributed by atoms with Crippen molar-refractivity contribution in [2.45, 2.75) is 26.5 Å². The molecule has 0 aliphatic heterocycles. The summed E-state index contributed by atoms with van der Waals surface area (Å²) in [7, 11) is 1.55. The SMILES string of the molecule is CCNCc1cc(Cl)cc(OC)c1OC(C)C#N. The molecule has 1 aromatic carbocycles. The van der Waals surface area contributed by atoms with E-state index in [1.807, 2.05) is 19.1 Å². The van der Waals surface area contributed by atoms with E-state index in [0.717, 1.165) is 12.1 Å². The summed E-state index contributed by atoms with van der Waals surface area (Å²) in [5.41, 5.74) is 0.878. The molecule has 0 aliphatic carbocycles. The molecule has 0 aliphatic rings. The number of halogens is 1. The van der Waals surface area contributed by atoms with Gasteiger partial charge in [-0.15, -0.1) is 0 Å². The number of hydrogen-bond donors (Lipinski definition) is 1. The van der Waals surface area contributed by atoms with Crippen LogP contribution < -0.4 is 14.8 Å². The molecule has 4 nitrogen and oxygen atoms in total. The van der Waals surface area contributed by atoms with Gasteiger partial charge in [-0.25, -0.2) is 0 Å². The molecule has 1 aromatic rings. The van der Waals surface area contributed by atoms with Crippen molar-refractivity contribution in [3.8, 4) is 17.6 Å². The summed E-state index contributed by atoms with van der Waals surface area (Å²) in [6.45, 7) is 5.15. The summed E-state index contributed by atoms with van der Waals surface area (Å²) in [5, 5.41) is 12.6.